The third-order valence-corrected chi connectivity index (χ3v) is 7.85. The molecule has 1 saturated heterocycles. The first kappa shape index (κ1) is 21.0. The van der Waals surface area contributed by atoms with Crippen LogP contribution in [0.2, 0.25) is 0 Å². The molecular formula is C20H23N3O5S2. The van der Waals surface area contributed by atoms with Gasteiger partial charge in [0.1, 0.15) is 0 Å². The molecule has 0 radical (unpaired) electrons. The number of benzene rings is 1. The first-order valence-corrected chi connectivity index (χ1v) is 12.2. The summed E-state index contributed by atoms with van der Waals surface area (Å²) in [5.41, 5.74) is 6.07. The van der Waals surface area contributed by atoms with Crippen LogP contribution in [0.1, 0.15) is 49.7 Å². The summed E-state index contributed by atoms with van der Waals surface area (Å²) < 4.78 is 33.0. The predicted octanol–water partition coefficient (Wildman–Crippen LogP) is 1.77. The molecule has 1 aliphatic carbocycles. The molecule has 1 atom stereocenters. The summed E-state index contributed by atoms with van der Waals surface area (Å²) in [4.78, 5) is 26.5. The van der Waals surface area contributed by atoms with Gasteiger partial charge in [-0.3, -0.25) is 20.4 Å². The Balaban J connectivity index is 1.36. The van der Waals surface area contributed by atoms with E-state index >= 15 is 0 Å². The van der Waals surface area contributed by atoms with E-state index in [9.17, 15) is 18.0 Å². The van der Waals surface area contributed by atoms with Crippen LogP contribution in [0.15, 0.2) is 35.2 Å². The zero-order valence-electron chi connectivity index (χ0n) is 16.3. The largest absolute Gasteiger partial charge is 0.377 e. The fraction of sp³-hybridized carbons (Fsp3) is 0.400. The number of hydrazine groups is 1. The van der Waals surface area contributed by atoms with Crippen LogP contribution in [-0.4, -0.2) is 39.5 Å². The van der Waals surface area contributed by atoms with E-state index in [0.29, 0.717) is 11.5 Å². The molecule has 8 nitrogen and oxygen atoms in total. The zero-order valence-corrected chi connectivity index (χ0v) is 17.9. The Labute approximate surface area is 179 Å². The maximum atomic E-state index is 12.5. The van der Waals surface area contributed by atoms with Gasteiger partial charge in [-0.1, -0.05) is 6.07 Å². The van der Waals surface area contributed by atoms with E-state index in [1.54, 1.807) is 0 Å². The molecule has 1 fully saturated rings. The quantitative estimate of drug-likeness (QED) is 0.582. The Morgan fingerprint density at radius 3 is 2.70 bits per heavy atom. The van der Waals surface area contributed by atoms with Crippen molar-refractivity contribution in [1.82, 2.24) is 15.6 Å². The first-order chi connectivity index (χ1) is 14.4. The lowest BCUT2D eigenvalue weighted by atomic mass is 10.2. The van der Waals surface area contributed by atoms with E-state index in [4.69, 9.17) is 4.74 Å². The molecule has 1 unspecified atom stereocenters. The van der Waals surface area contributed by atoms with Crippen LogP contribution < -0.4 is 15.6 Å². The van der Waals surface area contributed by atoms with Crippen molar-refractivity contribution in [3.05, 3.63) is 51.2 Å². The van der Waals surface area contributed by atoms with Gasteiger partial charge >= 0.3 is 0 Å². The highest BCUT2D eigenvalue weighted by Gasteiger charge is 2.22. The van der Waals surface area contributed by atoms with Gasteiger partial charge in [0.15, 0.2) is 0 Å². The summed E-state index contributed by atoms with van der Waals surface area (Å²) >= 11 is 1.44. The van der Waals surface area contributed by atoms with Crippen molar-refractivity contribution in [1.29, 1.82) is 0 Å². The van der Waals surface area contributed by atoms with E-state index in [2.05, 4.69) is 15.6 Å². The zero-order chi connectivity index (χ0) is 21.1. The Bertz CT molecular complexity index is 1040. The average molecular weight is 450 g/mol. The molecule has 1 aromatic carbocycles. The smallest absolute Gasteiger partial charge is 0.279 e. The topological polar surface area (TPSA) is 114 Å². The summed E-state index contributed by atoms with van der Waals surface area (Å²) in [5, 5.41) is 0. The van der Waals surface area contributed by atoms with Gasteiger partial charge in [0, 0.05) is 23.6 Å². The Kier molecular flexibility index (Phi) is 6.19. The third-order valence-electron chi connectivity index (χ3n) is 5.19. The summed E-state index contributed by atoms with van der Waals surface area (Å²) in [5.74, 6) is -0.978. The highest BCUT2D eigenvalue weighted by molar-refractivity contribution is 7.89. The van der Waals surface area contributed by atoms with Crippen LogP contribution in [0, 0.1) is 0 Å². The fourth-order valence-corrected chi connectivity index (χ4v) is 5.84. The minimum atomic E-state index is -3.77. The van der Waals surface area contributed by atoms with Gasteiger partial charge in [-0.25, -0.2) is 13.1 Å². The van der Waals surface area contributed by atoms with Crippen molar-refractivity contribution in [3.8, 4) is 0 Å². The van der Waals surface area contributed by atoms with Crippen LogP contribution in [-0.2, 0) is 27.6 Å². The van der Waals surface area contributed by atoms with Crippen molar-refractivity contribution in [2.45, 2.75) is 43.1 Å². The van der Waals surface area contributed by atoms with Gasteiger partial charge in [-0.2, -0.15) is 0 Å². The lowest BCUT2D eigenvalue weighted by molar-refractivity contribution is 0.0848. The van der Waals surface area contributed by atoms with Crippen LogP contribution in [0.5, 0.6) is 0 Å². The molecule has 0 spiro atoms. The molecule has 2 aliphatic rings. The summed E-state index contributed by atoms with van der Waals surface area (Å²) in [6.45, 7) is 0.835. The summed E-state index contributed by atoms with van der Waals surface area (Å²) in [7, 11) is -3.77. The number of thiophene rings is 1. The van der Waals surface area contributed by atoms with Crippen molar-refractivity contribution >= 4 is 33.2 Å². The van der Waals surface area contributed by atoms with Crippen LogP contribution in [0.25, 0.3) is 0 Å². The lowest BCUT2D eigenvalue weighted by Crippen LogP contribution is -2.41. The number of carbonyl (C=O) groups is 2. The normalized spacial score (nSPS) is 18.2. The fourth-order valence-electron chi connectivity index (χ4n) is 3.58. The number of aryl methyl sites for hydroxylation is 2. The molecule has 0 saturated carbocycles. The molecule has 1 aliphatic heterocycles. The number of hydrogen-bond acceptors (Lipinski definition) is 6. The minimum Gasteiger partial charge on any atom is -0.377 e. The number of amides is 2. The Morgan fingerprint density at radius 2 is 1.93 bits per heavy atom. The molecule has 10 heteroatoms. The molecule has 1 aromatic heterocycles. The predicted molar refractivity (Wildman–Crippen MR) is 112 cm³/mol. The lowest BCUT2D eigenvalue weighted by Gasteiger charge is -2.12. The standard InChI is InChI=1S/C20H23N3O5S2/c24-19(22-23-20(25)18-11-13-4-2-8-17(13)29-18)14-5-1-7-16(10-14)30(26,27)21-12-15-6-3-9-28-15/h1,5,7,10-11,15,21H,2-4,6,8-9,12H2,(H,22,24)(H,23,25). The number of rotatable bonds is 6. The Hall–Kier alpha value is -2.27. The number of carbonyl (C=O) groups excluding carboxylic acids is 2. The van der Waals surface area contributed by atoms with Gasteiger partial charge in [0.2, 0.25) is 10.0 Å². The monoisotopic (exact) mass is 449 g/mol. The van der Waals surface area contributed by atoms with Crippen molar-refractivity contribution in [3.63, 3.8) is 0 Å². The second kappa shape index (κ2) is 8.84. The molecule has 160 valence electrons. The average Bonchev–Trinajstić information content (AvgIpc) is 3.48. The molecule has 4 rings (SSSR count). The number of fused-ring (bicyclic) bond motifs is 1. The molecule has 2 heterocycles. The van der Waals surface area contributed by atoms with Crippen LogP contribution in [0.4, 0.5) is 0 Å². The second-order valence-electron chi connectivity index (χ2n) is 7.34. The van der Waals surface area contributed by atoms with E-state index in [1.807, 2.05) is 6.07 Å². The number of ether oxygens (including phenoxy) is 1. The van der Waals surface area contributed by atoms with Crippen molar-refractivity contribution in [2.24, 2.45) is 0 Å². The number of hydrogen-bond donors (Lipinski definition) is 3. The molecule has 2 aromatic rings. The molecule has 3 N–H and O–H groups in total. The first-order valence-electron chi connectivity index (χ1n) is 9.86. The van der Waals surface area contributed by atoms with Gasteiger partial charge in [0.05, 0.1) is 15.9 Å². The van der Waals surface area contributed by atoms with Gasteiger partial charge in [-0.15, -0.1) is 11.3 Å². The van der Waals surface area contributed by atoms with Gasteiger partial charge in [-0.05, 0) is 61.9 Å². The van der Waals surface area contributed by atoms with Crippen molar-refractivity contribution < 1.29 is 22.7 Å². The SMILES string of the molecule is O=C(NNC(=O)c1cc2c(s1)CCC2)c1cccc(S(=O)(=O)NCC2CCCO2)c1. The third kappa shape index (κ3) is 4.72. The molecule has 2 amide bonds. The van der Waals surface area contributed by atoms with E-state index in [0.717, 1.165) is 32.1 Å². The van der Waals surface area contributed by atoms with Crippen LogP contribution in [0.3, 0.4) is 0 Å². The highest BCUT2D eigenvalue weighted by Crippen LogP contribution is 2.30. The van der Waals surface area contributed by atoms with Gasteiger partial charge < -0.3 is 4.74 Å². The van der Waals surface area contributed by atoms with Crippen molar-refractivity contribution in [2.75, 3.05) is 13.2 Å². The van der Waals surface area contributed by atoms with E-state index < -0.39 is 15.9 Å². The number of sulfonamides is 1. The van der Waals surface area contributed by atoms with Crippen LogP contribution >= 0.6 is 11.3 Å². The number of nitrogens with one attached hydrogen (secondary N) is 3. The molecule has 0 bridgehead atoms. The van der Waals surface area contributed by atoms with Gasteiger partial charge in [0.25, 0.3) is 11.8 Å². The van der Waals surface area contributed by atoms with E-state index in [1.165, 1.54) is 46.0 Å². The highest BCUT2D eigenvalue weighted by atomic mass is 32.2. The summed E-state index contributed by atoms with van der Waals surface area (Å²) in [6.07, 6.45) is 4.69. The van der Waals surface area contributed by atoms with E-state index in [-0.39, 0.29) is 29.0 Å². The Morgan fingerprint density at radius 1 is 1.10 bits per heavy atom. The minimum absolute atomic E-state index is 0.0193. The summed E-state index contributed by atoms with van der Waals surface area (Å²) in [6, 6.07) is 7.53. The molecule has 30 heavy (non-hydrogen) atoms. The molecular weight excluding hydrogens is 426 g/mol. The maximum absolute atomic E-state index is 12.5. The maximum Gasteiger partial charge on any atom is 0.279 e. The second-order valence-corrected chi connectivity index (χ2v) is 10.2.